The maximum atomic E-state index is 11.9. The summed E-state index contributed by atoms with van der Waals surface area (Å²) in [6.45, 7) is 0.548. The van der Waals surface area contributed by atoms with Gasteiger partial charge in [0.25, 0.3) is 0 Å². The fourth-order valence-electron chi connectivity index (χ4n) is 2.52. The molecule has 0 unspecified atom stereocenters. The first-order valence-corrected chi connectivity index (χ1v) is 6.64. The minimum atomic E-state index is 0.210. The van der Waals surface area contributed by atoms with Gasteiger partial charge in [-0.15, -0.1) is 0 Å². The average Bonchev–Trinajstić information content (AvgIpc) is 3.16. The van der Waals surface area contributed by atoms with Crippen molar-refractivity contribution >= 4 is 17.5 Å². The summed E-state index contributed by atoms with van der Waals surface area (Å²) in [6, 6.07) is 7.65. The van der Waals surface area contributed by atoms with Gasteiger partial charge in [0.2, 0.25) is 5.91 Å². The number of rotatable bonds is 4. The van der Waals surface area contributed by atoms with E-state index in [9.17, 15) is 4.79 Å². The maximum absolute atomic E-state index is 11.9. The van der Waals surface area contributed by atoms with E-state index in [1.54, 1.807) is 0 Å². The molecule has 3 heteroatoms. The molecule has 0 heterocycles. The minimum absolute atomic E-state index is 0.210. The van der Waals surface area contributed by atoms with E-state index in [1.165, 1.54) is 12.8 Å². The molecule has 1 aromatic carbocycles. The number of amides is 1. The average molecular weight is 250 g/mol. The van der Waals surface area contributed by atoms with Crippen LogP contribution in [-0.2, 0) is 11.3 Å². The van der Waals surface area contributed by atoms with Crippen LogP contribution in [0.4, 0.5) is 0 Å². The van der Waals surface area contributed by atoms with E-state index in [1.807, 2.05) is 24.3 Å². The van der Waals surface area contributed by atoms with Gasteiger partial charge in [-0.05, 0) is 42.7 Å². The highest BCUT2D eigenvalue weighted by molar-refractivity contribution is 6.31. The predicted molar refractivity (Wildman–Crippen MR) is 67.6 cm³/mol. The Morgan fingerprint density at radius 1 is 1.35 bits per heavy atom. The monoisotopic (exact) mass is 249 g/mol. The summed E-state index contributed by atoms with van der Waals surface area (Å²) in [5, 5.41) is 3.72. The van der Waals surface area contributed by atoms with Crippen LogP contribution < -0.4 is 5.32 Å². The molecular weight excluding hydrogens is 234 g/mol. The highest BCUT2D eigenvalue weighted by Crippen LogP contribution is 2.54. The molecule has 0 saturated heterocycles. The number of carbonyl (C=O) groups is 1. The van der Waals surface area contributed by atoms with Gasteiger partial charge in [0.05, 0.1) is 0 Å². The van der Waals surface area contributed by atoms with Crippen LogP contribution in [0.15, 0.2) is 24.3 Å². The van der Waals surface area contributed by atoms with Gasteiger partial charge in [-0.25, -0.2) is 0 Å². The summed E-state index contributed by atoms with van der Waals surface area (Å²) in [5.74, 6) is 2.03. The number of benzene rings is 1. The van der Waals surface area contributed by atoms with Gasteiger partial charge in [0.1, 0.15) is 0 Å². The zero-order valence-electron chi connectivity index (χ0n) is 9.66. The van der Waals surface area contributed by atoms with Gasteiger partial charge in [0, 0.05) is 17.5 Å². The third kappa shape index (κ3) is 2.47. The summed E-state index contributed by atoms with van der Waals surface area (Å²) >= 11 is 6.04. The molecule has 0 radical (unpaired) electrons. The summed E-state index contributed by atoms with van der Waals surface area (Å²) in [7, 11) is 0. The second kappa shape index (κ2) is 4.34. The Morgan fingerprint density at radius 2 is 2.12 bits per heavy atom. The first-order chi connectivity index (χ1) is 8.25. The molecule has 2 saturated carbocycles. The van der Waals surface area contributed by atoms with Gasteiger partial charge in [-0.2, -0.15) is 0 Å². The molecule has 2 fully saturated rings. The number of hydrogen-bond donors (Lipinski definition) is 1. The Bertz CT molecular complexity index is 442. The van der Waals surface area contributed by atoms with Crippen molar-refractivity contribution < 1.29 is 4.79 Å². The molecule has 90 valence electrons. The number of hydrogen-bond acceptors (Lipinski definition) is 1. The lowest BCUT2D eigenvalue weighted by molar-refractivity contribution is -0.122. The minimum Gasteiger partial charge on any atom is -0.352 e. The number of carbonyl (C=O) groups excluding carboxylic acids is 1. The van der Waals surface area contributed by atoms with E-state index in [-0.39, 0.29) is 11.8 Å². The van der Waals surface area contributed by atoms with Crippen molar-refractivity contribution in [3.05, 3.63) is 34.9 Å². The van der Waals surface area contributed by atoms with Gasteiger partial charge >= 0.3 is 0 Å². The van der Waals surface area contributed by atoms with Gasteiger partial charge in [0.15, 0.2) is 0 Å². The van der Waals surface area contributed by atoms with Gasteiger partial charge in [-0.3, -0.25) is 4.79 Å². The molecule has 2 nitrogen and oxygen atoms in total. The Kier molecular flexibility index (Phi) is 2.83. The SMILES string of the molecule is O=C(NCc1ccccc1Cl)[C@H]1C[C@@H]1C1CC1. The summed E-state index contributed by atoms with van der Waals surface area (Å²) in [4.78, 5) is 11.9. The molecule has 0 spiro atoms. The van der Waals surface area contributed by atoms with E-state index >= 15 is 0 Å². The molecular formula is C14H16ClNO. The van der Waals surface area contributed by atoms with Crippen molar-refractivity contribution in [2.24, 2.45) is 17.8 Å². The van der Waals surface area contributed by atoms with E-state index in [0.29, 0.717) is 12.5 Å². The number of halogens is 1. The Hall–Kier alpha value is -1.02. The van der Waals surface area contributed by atoms with Crippen molar-refractivity contribution in [1.29, 1.82) is 0 Å². The smallest absolute Gasteiger partial charge is 0.223 e. The molecule has 17 heavy (non-hydrogen) atoms. The highest BCUT2D eigenvalue weighted by Gasteiger charge is 2.50. The largest absolute Gasteiger partial charge is 0.352 e. The van der Waals surface area contributed by atoms with Crippen LogP contribution in [0.5, 0.6) is 0 Å². The fourth-order valence-corrected chi connectivity index (χ4v) is 2.72. The molecule has 1 amide bonds. The number of nitrogens with one attached hydrogen (secondary N) is 1. The predicted octanol–water partition coefficient (Wildman–Crippen LogP) is 3.00. The van der Waals surface area contributed by atoms with Crippen LogP contribution in [-0.4, -0.2) is 5.91 Å². The second-order valence-corrected chi connectivity index (χ2v) is 5.56. The Labute approximate surface area is 106 Å². The third-order valence-electron chi connectivity index (χ3n) is 3.81. The quantitative estimate of drug-likeness (QED) is 0.873. The Morgan fingerprint density at radius 3 is 2.82 bits per heavy atom. The molecule has 0 bridgehead atoms. The molecule has 2 aliphatic rings. The van der Waals surface area contributed by atoms with Crippen molar-refractivity contribution in [1.82, 2.24) is 5.32 Å². The summed E-state index contributed by atoms with van der Waals surface area (Å²) < 4.78 is 0. The molecule has 0 aromatic heterocycles. The van der Waals surface area contributed by atoms with Crippen molar-refractivity contribution in [2.45, 2.75) is 25.8 Å². The van der Waals surface area contributed by atoms with E-state index in [2.05, 4.69) is 5.32 Å². The van der Waals surface area contributed by atoms with Crippen LogP contribution in [0.25, 0.3) is 0 Å². The third-order valence-corrected chi connectivity index (χ3v) is 4.18. The van der Waals surface area contributed by atoms with Crippen LogP contribution in [0.2, 0.25) is 5.02 Å². The highest BCUT2D eigenvalue weighted by atomic mass is 35.5. The van der Waals surface area contributed by atoms with Gasteiger partial charge in [-0.1, -0.05) is 29.8 Å². The van der Waals surface area contributed by atoms with Crippen LogP contribution in [0.1, 0.15) is 24.8 Å². The lowest BCUT2D eigenvalue weighted by Gasteiger charge is -2.06. The molecule has 2 atom stereocenters. The molecule has 0 aliphatic heterocycles. The zero-order valence-corrected chi connectivity index (χ0v) is 10.4. The lowest BCUT2D eigenvalue weighted by atomic mass is 10.2. The fraction of sp³-hybridized carbons (Fsp3) is 0.500. The Balaban J connectivity index is 1.51. The van der Waals surface area contributed by atoms with E-state index in [4.69, 9.17) is 11.6 Å². The standard InChI is InChI=1S/C14H16ClNO/c15-13-4-2-1-3-10(13)8-16-14(17)12-7-11(12)9-5-6-9/h1-4,9,11-12H,5-8H2,(H,16,17)/t11-,12+/m1/s1. The lowest BCUT2D eigenvalue weighted by Crippen LogP contribution is -2.25. The summed E-state index contributed by atoms with van der Waals surface area (Å²) in [6.07, 6.45) is 3.76. The topological polar surface area (TPSA) is 29.1 Å². The molecule has 1 N–H and O–H groups in total. The van der Waals surface area contributed by atoms with Crippen LogP contribution >= 0.6 is 11.6 Å². The first-order valence-electron chi connectivity index (χ1n) is 6.27. The first kappa shape index (κ1) is 11.1. The molecule has 3 rings (SSSR count). The molecule has 1 aromatic rings. The zero-order chi connectivity index (χ0) is 11.8. The van der Waals surface area contributed by atoms with Crippen LogP contribution in [0.3, 0.4) is 0 Å². The maximum Gasteiger partial charge on any atom is 0.223 e. The van der Waals surface area contributed by atoms with Gasteiger partial charge < -0.3 is 5.32 Å². The second-order valence-electron chi connectivity index (χ2n) is 5.15. The summed E-state index contributed by atoms with van der Waals surface area (Å²) in [5.41, 5.74) is 0.992. The van der Waals surface area contributed by atoms with Crippen molar-refractivity contribution in [3.8, 4) is 0 Å². The van der Waals surface area contributed by atoms with E-state index in [0.717, 1.165) is 22.9 Å². The van der Waals surface area contributed by atoms with Crippen LogP contribution in [0, 0.1) is 17.8 Å². The normalized spacial score (nSPS) is 26.6. The van der Waals surface area contributed by atoms with Crippen molar-refractivity contribution in [2.75, 3.05) is 0 Å². The molecule has 2 aliphatic carbocycles. The van der Waals surface area contributed by atoms with Crippen molar-refractivity contribution in [3.63, 3.8) is 0 Å². The van der Waals surface area contributed by atoms with E-state index < -0.39 is 0 Å².